The lowest BCUT2D eigenvalue weighted by molar-refractivity contribution is 0.325. The molecule has 0 atom stereocenters. The molecule has 0 unspecified atom stereocenters. The van der Waals surface area contributed by atoms with Gasteiger partial charge in [0.05, 0.1) is 32.7 Å². The van der Waals surface area contributed by atoms with Crippen molar-refractivity contribution < 1.29 is 22.6 Å². The second-order valence-electron chi connectivity index (χ2n) is 4.95. The molecule has 0 aliphatic carbocycles. The van der Waals surface area contributed by atoms with Gasteiger partial charge in [0.25, 0.3) is 10.0 Å². The van der Waals surface area contributed by atoms with Crippen molar-refractivity contribution in [3.05, 3.63) is 24.0 Å². The summed E-state index contributed by atoms with van der Waals surface area (Å²) in [5, 5.41) is 4.16. The number of ether oxygens (including phenoxy) is 3. The van der Waals surface area contributed by atoms with Gasteiger partial charge in [-0.2, -0.15) is 5.10 Å². The highest BCUT2D eigenvalue weighted by molar-refractivity contribution is 7.92. The van der Waals surface area contributed by atoms with Gasteiger partial charge in [-0.15, -0.1) is 0 Å². The summed E-state index contributed by atoms with van der Waals surface area (Å²) in [5.41, 5.74) is 0.727. The molecule has 0 amide bonds. The van der Waals surface area contributed by atoms with Crippen molar-refractivity contribution in [1.82, 2.24) is 9.78 Å². The van der Waals surface area contributed by atoms with Crippen LogP contribution < -0.4 is 18.9 Å². The molecule has 8 nitrogen and oxygen atoms in total. The maximum absolute atomic E-state index is 12.6. The third-order valence-electron chi connectivity index (χ3n) is 3.43. The van der Waals surface area contributed by atoms with Gasteiger partial charge < -0.3 is 14.2 Å². The molecule has 1 heterocycles. The number of methoxy groups -OCH3 is 3. The number of nitrogens with zero attached hydrogens (tertiary/aromatic N) is 2. The third kappa shape index (κ3) is 3.40. The van der Waals surface area contributed by atoms with Crippen molar-refractivity contribution >= 4 is 15.7 Å². The van der Waals surface area contributed by atoms with Gasteiger partial charge in [-0.05, 0) is 13.8 Å². The molecule has 132 valence electrons. The highest BCUT2D eigenvalue weighted by atomic mass is 32.2. The predicted octanol–water partition coefficient (Wildman–Crippen LogP) is 2.04. The standard InChI is InChI=1S/C15H21N3O5S/c1-6-18-9-14(10(2)16-18)24(19,20)17-11-7-12(21-3)15(23-5)13(8-11)22-4/h7-9,17H,6H2,1-5H3. The average Bonchev–Trinajstić information content (AvgIpc) is 2.95. The van der Waals surface area contributed by atoms with Crippen LogP contribution in [0.4, 0.5) is 5.69 Å². The van der Waals surface area contributed by atoms with E-state index in [4.69, 9.17) is 14.2 Å². The van der Waals surface area contributed by atoms with Crippen LogP contribution in [0, 0.1) is 6.92 Å². The Labute approximate surface area is 141 Å². The maximum Gasteiger partial charge on any atom is 0.265 e. The van der Waals surface area contributed by atoms with E-state index in [0.29, 0.717) is 35.2 Å². The molecule has 24 heavy (non-hydrogen) atoms. The lowest BCUT2D eigenvalue weighted by Gasteiger charge is -2.15. The van der Waals surface area contributed by atoms with Crippen LogP contribution in [0.2, 0.25) is 0 Å². The van der Waals surface area contributed by atoms with Crippen molar-refractivity contribution in [3.8, 4) is 17.2 Å². The smallest absolute Gasteiger partial charge is 0.265 e. The van der Waals surface area contributed by atoms with Crippen molar-refractivity contribution in [2.24, 2.45) is 0 Å². The summed E-state index contributed by atoms with van der Waals surface area (Å²) in [7, 11) is 0.617. The monoisotopic (exact) mass is 355 g/mol. The van der Waals surface area contributed by atoms with E-state index >= 15 is 0 Å². The first-order valence-corrected chi connectivity index (χ1v) is 8.71. The molecule has 0 bridgehead atoms. The Hall–Kier alpha value is -2.42. The van der Waals surface area contributed by atoms with E-state index in [2.05, 4.69) is 9.82 Å². The first-order chi connectivity index (χ1) is 11.4. The van der Waals surface area contributed by atoms with Crippen LogP contribution in [0.5, 0.6) is 17.2 Å². The Balaban J connectivity index is 2.44. The van der Waals surface area contributed by atoms with Gasteiger partial charge in [0.1, 0.15) is 4.90 Å². The van der Waals surface area contributed by atoms with Gasteiger partial charge in [-0.3, -0.25) is 9.40 Å². The molecule has 0 aliphatic heterocycles. The van der Waals surface area contributed by atoms with Gasteiger partial charge in [-0.25, -0.2) is 8.42 Å². The van der Waals surface area contributed by atoms with Crippen molar-refractivity contribution in [2.75, 3.05) is 26.1 Å². The molecule has 0 spiro atoms. The molecule has 0 fully saturated rings. The van der Waals surface area contributed by atoms with Crippen LogP contribution in [0.15, 0.2) is 23.2 Å². The second-order valence-corrected chi connectivity index (χ2v) is 6.60. The van der Waals surface area contributed by atoms with Crippen LogP contribution in [0.25, 0.3) is 0 Å². The Kier molecular flexibility index (Phi) is 5.23. The number of aromatic nitrogens is 2. The zero-order valence-electron chi connectivity index (χ0n) is 14.3. The molecular formula is C15H21N3O5S. The molecule has 0 radical (unpaired) electrons. The molecule has 0 saturated carbocycles. The Morgan fingerprint density at radius 1 is 1.12 bits per heavy atom. The molecule has 0 saturated heterocycles. The number of benzene rings is 1. The van der Waals surface area contributed by atoms with Crippen LogP contribution in [0.1, 0.15) is 12.6 Å². The predicted molar refractivity (Wildman–Crippen MR) is 89.5 cm³/mol. The van der Waals surface area contributed by atoms with Crippen molar-refractivity contribution in [1.29, 1.82) is 0 Å². The number of aryl methyl sites for hydroxylation is 2. The normalized spacial score (nSPS) is 11.2. The minimum Gasteiger partial charge on any atom is -0.493 e. The lowest BCUT2D eigenvalue weighted by atomic mass is 10.2. The van der Waals surface area contributed by atoms with E-state index < -0.39 is 10.0 Å². The van der Waals surface area contributed by atoms with Crippen LogP contribution in [0.3, 0.4) is 0 Å². The lowest BCUT2D eigenvalue weighted by Crippen LogP contribution is -2.13. The number of sulfonamides is 1. The number of hydrogen-bond acceptors (Lipinski definition) is 6. The average molecular weight is 355 g/mol. The molecular weight excluding hydrogens is 334 g/mol. The summed E-state index contributed by atoms with van der Waals surface area (Å²) in [6.07, 6.45) is 1.50. The number of rotatable bonds is 7. The summed E-state index contributed by atoms with van der Waals surface area (Å²) >= 11 is 0. The SMILES string of the molecule is CCn1cc(S(=O)(=O)Nc2cc(OC)c(OC)c(OC)c2)c(C)n1. The van der Waals surface area contributed by atoms with Crippen LogP contribution >= 0.6 is 0 Å². The topological polar surface area (TPSA) is 91.7 Å². The summed E-state index contributed by atoms with van der Waals surface area (Å²) in [6.45, 7) is 4.12. The Morgan fingerprint density at radius 3 is 2.12 bits per heavy atom. The minimum absolute atomic E-state index is 0.123. The molecule has 2 aromatic rings. The second kappa shape index (κ2) is 7.00. The summed E-state index contributed by atoms with van der Waals surface area (Å²) in [6, 6.07) is 3.05. The van der Waals surface area contributed by atoms with Gasteiger partial charge in [0, 0.05) is 24.9 Å². The summed E-state index contributed by atoms with van der Waals surface area (Å²) < 4.78 is 45.0. The molecule has 1 aromatic carbocycles. The molecule has 9 heteroatoms. The fourth-order valence-electron chi connectivity index (χ4n) is 2.28. The van der Waals surface area contributed by atoms with Gasteiger partial charge in [0.15, 0.2) is 11.5 Å². The van der Waals surface area contributed by atoms with E-state index in [1.165, 1.54) is 39.7 Å². The molecule has 1 aromatic heterocycles. The molecule has 2 rings (SSSR count). The number of nitrogens with one attached hydrogen (secondary N) is 1. The number of hydrogen-bond donors (Lipinski definition) is 1. The maximum atomic E-state index is 12.6. The fraction of sp³-hybridized carbons (Fsp3) is 0.400. The van der Waals surface area contributed by atoms with Crippen LogP contribution in [-0.4, -0.2) is 39.5 Å². The van der Waals surface area contributed by atoms with Gasteiger partial charge in [0.2, 0.25) is 5.75 Å². The van der Waals surface area contributed by atoms with Gasteiger partial charge >= 0.3 is 0 Å². The number of anilines is 1. The largest absolute Gasteiger partial charge is 0.493 e. The zero-order valence-corrected chi connectivity index (χ0v) is 15.1. The van der Waals surface area contributed by atoms with E-state index in [1.807, 2.05) is 6.92 Å². The summed E-state index contributed by atoms with van der Waals surface area (Å²) in [4.78, 5) is 0.123. The van der Waals surface area contributed by atoms with E-state index in [9.17, 15) is 8.42 Å². The van der Waals surface area contributed by atoms with Crippen LogP contribution in [-0.2, 0) is 16.6 Å². The highest BCUT2D eigenvalue weighted by Gasteiger charge is 2.22. The summed E-state index contributed by atoms with van der Waals surface area (Å²) in [5.74, 6) is 1.10. The van der Waals surface area contributed by atoms with Crippen molar-refractivity contribution in [3.63, 3.8) is 0 Å². The Bertz CT molecular complexity index is 805. The van der Waals surface area contributed by atoms with E-state index in [0.717, 1.165) is 0 Å². The van der Waals surface area contributed by atoms with Gasteiger partial charge in [-0.1, -0.05) is 0 Å². The first-order valence-electron chi connectivity index (χ1n) is 7.23. The first kappa shape index (κ1) is 17.9. The zero-order chi connectivity index (χ0) is 17.9. The fourth-order valence-corrected chi connectivity index (χ4v) is 3.50. The van der Waals surface area contributed by atoms with E-state index in [-0.39, 0.29) is 4.90 Å². The third-order valence-corrected chi connectivity index (χ3v) is 4.92. The van der Waals surface area contributed by atoms with E-state index in [1.54, 1.807) is 11.6 Å². The van der Waals surface area contributed by atoms with Crippen molar-refractivity contribution in [2.45, 2.75) is 25.3 Å². The molecule has 1 N–H and O–H groups in total. The minimum atomic E-state index is -3.79. The quantitative estimate of drug-likeness (QED) is 0.817. The molecule has 0 aliphatic rings. The Morgan fingerprint density at radius 2 is 1.71 bits per heavy atom. The highest BCUT2D eigenvalue weighted by Crippen LogP contribution is 2.40.